The highest BCUT2D eigenvalue weighted by Crippen LogP contribution is 2.39. The Balaban J connectivity index is 3.74. The SMILES string of the molecule is CC(C)(C)C(=O)C(C#N)=C(O)c1ccc(C(F)(F)F)cc1C(C)(F)F. The van der Waals surface area contributed by atoms with Gasteiger partial charge in [0, 0.05) is 23.5 Å². The summed E-state index contributed by atoms with van der Waals surface area (Å²) in [5.74, 6) is -5.64. The highest BCUT2D eigenvalue weighted by Gasteiger charge is 2.37. The Labute approximate surface area is 141 Å². The lowest BCUT2D eigenvalue weighted by atomic mass is 9.85. The zero-order chi connectivity index (χ0) is 19.8. The van der Waals surface area contributed by atoms with Gasteiger partial charge in [-0.25, -0.2) is 8.78 Å². The molecule has 0 aliphatic heterocycles. The first-order valence-electron chi connectivity index (χ1n) is 7.08. The van der Waals surface area contributed by atoms with Gasteiger partial charge in [-0.2, -0.15) is 18.4 Å². The molecule has 0 amide bonds. The summed E-state index contributed by atoms with van der Waals surface area (Å²) >= 11 is 0. The third kappa shape index (κ3) is 4.56. The van der Waals surface area contributed by atoms with E-state index in [0.29, 0.717) is 19.1 Å². The number of hydrogen-bond acceptors (Lipinski definition) is 3. The first-order chi connectivity index (χ1) is 11.1. The van der Waals surface area contributed by atoms with Crippen LogP contribution in [0.1, 0.15) is 44.4 Å². The molecule has 3 nitrogen and oxygen atoms in total. The lowest BCUT2D eigenvalue weighted by Gasteiger charge is -2.20. The van der Waals surface area contributed by atoms with Crippen LogP contribution in [0.25, 0.3) is 5.76 Å². The minimum atomic E-state index is -4.86. The predicted molar refractivity (Wildman–Crippen MR) is 80.6 cm³/mol. The van der Waals surface area contributed by atoms with Crippen molar-refractivity contribution in [3.63, 3.8) is 0 Å². The predicted octanol–water partition coefficient (Wildman–Crippen LogP) is 5.22. The van der Waals surface area contributed by atoms with Crippen LogP contribution in [0.15, 0.2) is 23.8 Å². The molecular weight excluding hydrogens is 345 g/mol. The standard InChI is InChI=1S/C17H16F5NO2/c1-15(2,3)14(25)11(8-23)13(24)10-6-5-9(17(20,21)22)7-12(10)16(4,18)19/h5-7,24H,1-4H3. The van der Waals surface area contributed by atoms with Crippen LogP contribution in [0.5, 0.6) is 0 Å². The van der Waals surface area contributed by atoms with Crippen LogP contribution in [0, 0.1) is 16.7 Å². The second-order valence-corrected chi connectivity index (χ2v) is 6.56. The molecule has 1 N–H and O–H groups in total. The van der Waals surface area contributed by atoms with Crippen molar-refractivity contribution in [2.75, 3.05) is 0 Å². The van der Waals surface area contributed by atoms with E-state index in [2.05, 4.69) is 0 Å². The summed E-state index contributed by atoms with van der Waals surface area (Å²) < 4.78 is 65.9. The van der Waals surface area contributed by atoms with Crippen LogP contribution in [-0.2, 0) is 16.9 Å². The van der Waals surface area contributed by atoms with Crippen LogP contribution in [-0.4, -0.2) is 10.9 Å². The molecule has 0 heterocycles. The average molecular weight is 361 g/mol. The number of ketones is 1. The number of alkyl halides is 5. The summed E-state index contributed by atoms with van der Waals surface area (Å²) in [5, 5.41) is 19.3. The third-order valence-corrected chi connectivity index (χ3v) is 3.33. The number of Topliss-reactive ketones (excluding diaryl/α,β-unsaturated/α-hetero) is 1. The molecule has 8 heteroatoms. The van der Waals surface area contributed by atoms with E-state index in [9.17, 15) is 31.9 Å². The monoisotopic (exact) mass is 361 g/mol. The highest BCUT2D eigenvalue weighted by atomic mass is 19.4. The molecule has 1 aromatic carbocycles. The van der Waals surface area contributed by atoms with E-state index in [1.165, 1.54) is 26.8 Å². The number of nitriles is 1. The first kappa shape index (κ1) is 20.6. The molecule has 0 unspecified atom stereocenters. The molecule has 136 valence electrons. The smallest absolute Gasteiger partial charge is 0.416 e. The topological polar surface area (TPSA) is 61.1 Å². The number of hydrogen-bond donors (Lipinski definition) is 1. The van der Waals surface area contributed by atoms with E-state index in [0.717, 1.165) is 0 Å². The summed E-state index contributed by atoms with van der Waals surface area (Å²) in [7, 11) is 0. The van der Waals surface area contributed by atoms with Gasteiger partial charge in [0.2, 0.25) is 0 Å². The number of aliphatic hydroxyl groups excluding tert-OH is 1. The number of nitrogens with zero attached hydrogens (tertiary/aromatic N) is 1. The number of benzene rings is 1. The maximum Gasteiger partial charge on any atom is 0.416 e. The van der Waals surface area contributed by atoms with Gasteiger partial charge in [0.15, 0.2) is 5.78 Å². The quantitative estimate of drug-likeness (QED) is 0.347. The van der Waals surface area contributed by atoms with Crippen LogP contribution in [0.4, 0.5) is 22.0 Å². The van der Waals surface area contributed by atoms with Crippen LogP contribution >= 0.6 is 0 Å². The van der Waals surface area contributed by atoms with Gasteiger partial charge >= 0.3 is 6.18 Å². The van der Waals surface area contributed by atoms with E-state index in [1.54, 1.807) is 0 Å². The molecule has 0 aromatic heterocycles. The van der Waals surface area contributed by atoms with Crippen molar-refractivity contribution in [2.45, 2.75) is 39.8 Å². The highest BCUT2D eigenvalue weighted by molar-refractivity contribution is 6.07. The molecular formula is C17H16F5NO2. The fraction of sp³-hybridized carbons (Fsp3) is 0.412. The summed E-state index contributed by atoms with van der Waals surface area (Å²) in [6.07, 6.45) is -4.86. The molecule has 0 aliphatic carbocycles. The minimum Gasteiger partial charge on any atom is -0.506 e. The van der Waals surface area contributed by atoms with Gasteiger partial charge in [-0.3, -0.25) is 4.79 Å². The Kier molecular flexibility index (Phi) is 5.33. The molecule has 0 aliphatic rings. The number of rotatable bonds is 3. The van der Waals surface area contributed by atoms with Gasteiger partial charge in [0.25, 0.3) is 5.92 Å². The summed E-state index contributed by atoms with van der Waals surface area (Å²) in [4.78, 5) is 12.2. The summed E-state index contributed by atoms with van der Waals surface area (Å²) in [6, 6.07) is 2.76. The van der Waals surface area contributed by atoms with E-state index < -0.39 is 51.3 Å². The Hall–Kier alpha value is -2.43. The number of allylic oxidation sites excluding steroid dienone is 1. The van der Waals surface area contributed by atoms with Crippen molar-refractivity contribution in [2.24, 2.45) is 5.41 Å². The zero-order valence-electron chi connectivity index (χ0n) is 13.9. The van der Waals surface area contributed by atoms with Crippen molar-refractivity contribution in [3.05, 3.63) is 40.5 Å². The fourth-order valence-corrected chi connectivity index (χ4v) is 2.01. The molecule has 0 spiro atoms. The molecule has 0 atom stereocenters. The van der Waals surface area contributed by atoms with Gasteiger partial charge < -0.3 is 5.11 Å². The second kappa shape index (κ2) is 6.47. The molecule has 1 aromatic rings. The van der Waals surface area contributed by atoms with Crippen molar-refractivity contribution in [3.8, 4) is 6.07 Å². The lowest BCUT2D eigenvalue weighted by molar-refractivity contribution is -0.137. The maximum atomic E-state index is 13.8. The van der Waals surface area contributed by atoms with Gasteiger partial charge in [-0.1, -0.05) is 26.8 Å². The number of carbonyl (C=O) groups excluding carboxylic acids is 1. The normalized spacial score (nSPS) is 13.9. The average Bonchev–Trinajstić information content (AvgIpc) is 2.44. The summed E-state index contributed by atoms with van der Waals surface area (Å²) in [5.41, 5.74) is -5.05. The Morgan fingerprint density at radius 3 is 1.96 bits per heavy atom. The molecule has 1 rings (SSSR count). The van der Waals surface area contributed by atoms with Crippen molar-refractivity contribution in [1.29, 1.82) is 5.26 Å². The van der Waals surface area contributed by atoms with E-state index >= 15 is 0 Å². The van der Waals surface area contributed by atoms with Crippen LogP contribution in [0.3, 0.4) is 0 Å². The fourth-order valence-electron chi connectivity index (χ4n) is 2.01. The molecule has 0 bridgehead atoms. The van der Waals surface area contributed by atoms with Crippen molar-refractivity contribution < 1.29 is 31.9 Å². The van der Waals surface area contributed by atoms with Gasteiger partial charge in [-0.15, -0.1) is 0 Å². The minimum absolute atomic E-state index is 0.197. The maximum absolute atomic E-state index is 13.8. The third-order valence-electron chi connectivity index (χ3n) is 3.33. The number of halogens is 5. The molecule has 0 saturated heterocycles. The van der Waals surface area contributed by atoms with Crippen LogP contribution in [0.2, 0.25) is 0 Å². The van der Waals surface area contributed by atoms with E-state index in [1.807, 2.05) is 0 Å². The van der Waals surface area contributed by atoms with Gasteiger partial charge in [-0.05, 0) is 12.1 Å². The van der Waals surface area contributed by atoms with Crippen molar-refractivity contribution in [1.82, 2.24) is 0 Å². The largest absolute Gasteiger partial charge is 0.506 e. The molecule has 0 saturated carbocycles. The first-order valence-corrected chi connectivity index (χ1v) is 7.08. The van der Waals surface area contributed by atoms with E-state index in [-0.39, 0.29) is 6.07 Å². The zero-order valence-corrected chi connectivity index (χ0v) is 13.9. The summed E-state index contributed by atoms with van der Waals surface area (Å²) in [6.45, 7) is 4.70. The van der Waals surface area contributed by atoms with Crippen LogP contribution < -0.4 is 0 Å². The van der Waals surface area contributed by atoms with E-state index in [4.69, 9.17) is 5.26 Å². The molecule has 25 heavy (non-hydrogen) atoms. The number of aliphatic hydroxyl groups is 1. The Morgan fingerprint density at radius 1 is 1.08 bits per heavy atom. The van der Waals surface area contributed by atoms with Gasteiger partial charge in [0.1, 0.15) is 17.4 Å². The second-order valence-electron chi connectivity index (χ2n) is 6.56. The Bertz CT molecular complexity index is 759. The Morgan fingerprint density at radius 2 is 1.60 bits per heavy atom. The number of carbonyl (C=O) groups is 1. The van der Waals surface area contributed by atoms with Gasteiger partial charge in [0.05, 0.1) is 5.56 Å². The molecule has 0 radical (unpaired) electrons. The molecule has 0 fully saturated rings. The lowest BCUT2D eigenvalue weighted by Crippen LogP contribution is -2.23. The van der Waals surface area contributed by atoms with Crippen molar-refractivity contribution >= 4 is 11.5 Å².